The molecule has 1 aromatic rings. The normalized spacial score (nSPS) is 21.2. The largest absolute Gasteiger partial charge is 0.428 e. The lowest BCUT2D eigenvalue weighted by Crippen LogP contribution is -2.16. The van der Waals surface area contributed by atoms with Gasteiger partial charge in [0.15, 0.2) is 0 Å². The molecular formula is C11H14O2. The van der Waals surface area contributed by atoms with Gasteiger partial charge in [-0.1, -0.05) is 6.92 Å². The van der Waals surface area contributed by atoms with Crippen molar-refractivity contribution >= 4 is 0 Å². The molecule has 1 aliphatic rings. The van der Waals surface area contributed by atoms with E-state index in [2.05, 4.69) is 6.92 Å². The molecule has 2 nitrogen and oxygen atoms in total. The van der Waals surface area contributed by atoms with E-state index < -0.39 is 0 Å². The third-order valence-electron chi connectivity index (χ3n) is 2.79. The molecule has 0 saturated carbocycles. The quantitative estimate of drug-likeness (QED) is 0.608. The summed E-state index contributed by atoms with van der Waals surface area (Å²) >= 11 is 0. The van der Waals surface area contributed by atoms with Crippen molar-refractivity contribution in [1.82, 2.24) is 0 Å². The highest BCUT2D eigenvalue weighted by Gasteiger charge is 2.19. The third kappa shape index (κ3) is 1.53. The zero-order valence-electron chi connectivity index (χ0n) is 8.09. The molecule has 1 atom stereocenters. The van der Waals surface area contributed by atoms with Gasteiger partial charge in [-0.3, -0.25) is 0 Å². The molecule has 0 N–H and O–H groups in total. The number of hydrogen-bond acceptors (Lipinski definition) is 2. The van der Waals surface area contributed by atoms with Gasteiger partial charge in [-0.05, 0) is 36.8 Å². The van der Waals surface area contributed by atoms with Crippen LogP contribution >= 0.6 is 0 Å². The van der Waals surface area contributed by atoms with Crippen LogP contribution in [-0.4, -0.2) is 0 Å². The maximum absolute atomic E-state index is 11.1. The van der Waals surface area contributed by atoms with E-state index in [1.165, 1.54) is 12.0 Å². The first-order valence-corrected chi connectivity index (χ1v) is 4.79. The lowest BCUT2D eigenvalue weighted by atomic mass is 9.87. The molecule has 0 aliphatic heterocycles. The number of aryl methyl sites for hydroxylation is 1. The average Bonchev–Trinajstić information content (AvgIpc) is 2.02. The van der Waals surface area contributed by atoms with Crippen molar-refractivity contribution in [2.24, 2.45) is 5.92 Å². The van der Waals surface area contributed by atoms with Crippen LogP contribution in [0.3, 0.4) is 0 Å². The van der Waals surface area contributed by atoms with E-state index in [1.54, 1.807) is 6.07 Å². The summed E-state index contributed by atoms with van der Waals surface area (Å²) in [6, 6.07) is 1.59. The molecule has 1 heterocycles. The summed E-state index contributed by atoms with van der Waals surface area (Å²) < 4.78 is 5.20. The molecule has 1 unspecified atom stereocenters. The van der Waals surface area contributed by atoms with Crippen molar-refractivity contribution in [2.45, 2.75) is 33.1 Å². The summed E-state index contributed by atoms with van der Waals surface area (Å²) in [7, 11) is 0. The van der Waals surface area contributed by atoms with Gasteiger partial charge < -0.3 is 4.42 Å². The Morgan fingerprint density at radius 2 is 2.31 bits per heavy atom. The van der Waals surface area contributed by atoms with Gasteiger partial charge in [-0.15, -0.1) is 0 Å². The van der Waals surface area contributed by atoms with E-state index in [4.69, 9.17) is 4.42 Å². The molecule has 0 radical (unpaired) electrons. The predicted molar refractivity (Wildman–Crippen MR) is 50.9 cm³/mol. The second kappa shape index (κ2) is 3.02. The minimum atomic E-state index is -0.203. The molecule has 0 saturated heterocycles. The van der Waals surface area contributed by atoms with Gasteiger partial charge in [0.1, 0.15) is 5.76 Å². The molecule has 0 aromatic carbocycles. The van der Waals surface area contributed by atoms with Gasteiger partial charge in [-0.2, -0.15) is 0 Å². The van der Waals surface area contributed by atoms with Gasteiger partial charge in [0.2, 0.25) is 0 Å². The van der Waals surface area contributed by atoms with Crippen LogP contribution in [-0.2, 0) is 12.8 Å². The number of fused-ring (bicyclic) bond motifs is 1. The van der Waals surface area contributed by atoms with E-state index >= 15 is 0 Å². The van der Waals surface area contributed by atoms with Crippen molar-refractivity contribution in [3.8, 4) is 0 Å². The van der Waals surface area contributed by atoms with Crippen LogP contribution in [0.5, 0.6) is 0 Å². The van der Waals surface area contributed by atoms with E-state index in [9.17, 15) is 4.79 Å². The summed E-state index contributed by atoms with van der Waals surface area (Å²) in [5.41, 5.74) is 2.15. The number of rotatable bonds is 0. The van der Waals surface area contributed by atoms with E-state index in [0.29, 0.717) is 5.92 Å². The predicted octanol–water partition coefficient (Wildman–Crippen LogP) is 2.07. The highest BCUT2D eigenvalue weighted by molar-refractivity contribution is 5.28. The Hall–Kier alpha value is -1.05. The Labute approximate surface area is 77.6 Å². The smallest absolute Gasteiger partial charge is 0.336 e. The number of hydrogen-bond donors (Lipinski definition) is 0. The second-order valence-electron chi connectivity index (χ2n) is 4.00. The van der Waals surface area contributed by atoms with Gasteiger partial charge in [0.25, 0.3) is 0 Å². The third-order valence-corrected chi connectivity index (χ3v) is 2.79. The molecule has 1 aliphatic carbocycles. The zero-order valence-corrected chi connectivity index (χ0v) is 8.09. The van der Waals surface area contributed by atoms with Crippen LogP contribution in [0.2, 0.25) is 0 Å². The molecule has 13 heavy (non-hydrogen) atoms. The molecular weight excluding hydrogens is 164 g/mol. The van der Waals surface area contributed by atoms with E-state index in [1.807, 2.05) is 6.92 Å². The monoisotopic (exact) mass is 178 g/mol. The second-order valence-corrected chi connectivity index (χ2v) is 4.00. The van der Waals surface area contributed by atoms with Gasteiger partial charge in [-0.25, -0.2) is 4.79 Å². The van der Waals surface area contributed by atoms with Crippen molar-refractivity contribution in [2.75, 3.05) is 0 Å². The molecule has 0 fully saturated rings. The molecule has 70 valence electrons. The molecule has 2 rings (SSSR count). The molecule has 0 spiro atoms. The lowest BCUT2D eigenvalue weighted by molar-refractivity contribution is 0.378. The topological polar surface area (TPSA) is 30.2 Å². The maximum Gasteiger partial charge on any atom is 0.336 e. The van der Waals surface area contributed by atoms with Crippen molar-refractivity contribution in [1.29, 1.82) is 0 Å². The van der Waals surface area contributed by atoms with Gasteiger partial charge in [0, 0.05) is 12.5 Å². The van der Waals surface area contributed by atoms with Crippen molar-refractivity contribution in [3.63, 3.8) is 0 Å². The highest BCUT2D eigenvalue weighted by Crippen LogP contribution is 2.25. The van der Waals surface area contributed by atoms with E-state index in [0.717, 1.165) is 24.2 Å². The molecule has 0 bridgehead atoms. The van der Waals surface area contributed by atoms with Crippen molar-refractivity contribution in [3.05, 3.63) is 33.4 Å². The van der Waals surface area contributed by atoms with Gasteiger partial charge in [0.05, 0.1) is 0 Å². The van der Waals surface area contributed by atoms with E-state index in [-0.39, 0.29) is 5.63 Å². The Balaban J connectivity index is 2.53. The average molecular weight is 178 g/mol. The Kier molecular flexibility index (Phi) is 1.98. The summed E-state index contributed by atoms with van der Waals surface area (Å²) in [6.07, 6.45) is 3.19. The van der Waals surface area contributed by atoms with Crippen LogP contribution in [0, 0.1) is 12.8 Å². The van der Waals surface area contributed by atoms with Crippen LogP contribution in [0.15, 0.2) is 15.3 Å². The summed E-state index contributed by atoms with van der Waals surface area (Å²) in [5, 5.41) is 0. The van der Waals surface area contributed by atoms with Crippen LogP contribution < -0.4 is 5.63 Å². The summed E-state index contributed by atoms with van der Waals surface area (Å²) in [5.74, 6) is 1.57. The standard InChI is InChI=1S/C11H14O2/c1-7-3-4-9-8(2)6-11(12)13-10(9)5-7/h6-7H,3-5H2,1-2H3. The first kappa shape index (κ1) is 8.54. The first-order valence-electron chi connectivity index (χ1n) is 4.79. The fraction of sp³-hybridized carbons (Fsp3) is 0.545. The summed E-state index contributed by atoms with van der Waals surface area (Å²) in [4.78, 5) is 11.1. The fourth-order valence-electron chi connectivity index (χ4n) is 2.01. The maximum atomic E-state index is 11.1. The Bertz CT molecular complexity index is 376. The SMILES string of the molecule is Cc1cc(=O)oc2c1CCC(C)C2. The minimum absolute atomic E-state index is 0.203. The highest BCUT2D eigenvalue weighted by atomic mass is 16.4. The molecule has 2 heteroatoms. The van der Waals surface area contributed by atoms with Crippen LogP contribution in [0.25, 0.3) is 0 Å². The molecule has 1 aromatic heterocycles. The van der Waals surface area contributed by atoms with Crippen LogP contribution in [0.4, 0.5) is 0 Å². The fourth-order valence-corrected chi connectivity index (χ4v) is 2.01. The minimum Gasteiger partial charge on any atom is -0.428 e. The summed E-state index contributed by atoms with van der Waals surface area (Å²) in [6.45, 7) is 4.19. The first-order chi connectivity index (χ1) is 6.16. The Morgan fingerprint density at radius 3 is 3.08 bits per heavy atom. The lowest BCUT2D eigenvalue weighted by Gasteiger charge is -2.20. The van der Waals surface area contributed by atoms with Crippen LogP contribution in [0.1, 0.15) is 30.2 Å². The molecule has 0 amide bonds. The Morgan fingerprint density at radius 1 is 1.54 bits per heavy atom. The van der Waals surface area contributed by atoms with Gasteiger partial charge >= 0.3 is 5.63 Å². The van der Waals surface area contributed by atoms with Crippen molar-refractivity contribution < 1.29 is 4.42 Å². The zero-order chi connectivity index (χ0) is 9.42.